The minimum Gasteiger partial charge on any atom is -0.502 e. The Bertz CT molecular complexity index is 1040. The summed E-state index contributed by atoms with van der Waals surface area (Å²) in [6.07, 6.45) is 0. The van der Waals surface area contributed by atoms with E-state index >= 15 is 0 Å². The molecule has 1 aliphatic rings. The lowest BCUT2D eigenvalue weighted by atomic mass is 10.0. The van der Waals surface area contributed by atoms with Gasteiger partial charge in [0.15, 0.2) is 17.3 Å². The van der Waals surface area contributed by atoms with Crippen molar-refractivity contribution in [2.75, 3.05) is 39.4 Å². The highest BCUT2D eigenvalue weighted by molar-refractivity contribution is 6.44. The number of esters is 1. The highest BCUT2D eigenvalue weighted by Crippen LogP contribution is 2.36. The van der Waals surface area contributed by atoms with Gasteiger partial charge in [-0.1, -0.05) is 6.07 Å². The molecule has 1 heterocycles. The molecule has 2 aromatic carbocycles. The number of hydrogen-bond donors (Lipinski definition) is 1. The standard InChI is InChI=1S/C22H21NO8/c1-28-10-11-31-22(27)13-4-7-15(8-5-13)23-20(25)18(19(24)21(23)26)14-6-9-16(29-2)17(12-14)30-3/h4-9,12,24H,10-11H2,1-3H3. The van der Waals surface area contributed by atoms with E-state index in [1.165, 1.54) is 51.7 Å². The molecule has 9 heteroatoms. The van der Waals surface area contributed by atoms with E-state index in [1.54, 1.807) is 12.1 Å². The fourth-order valence-corrected chi connectivity index (χ4v) is 3.05. The maximum atomic E-state index is 13.0. The predicted molar refractivity (Wildman–Crippen MR) is 110 cm³/mol. The van der Waals surface area contributed by atoms with Crippen molar-refractivity contribution >= 4 is 29.0 Å². The lowest BCUT2D eigenvalue weighted by Gasteiger charge is -2.15. The quantitative estimate of drug-likeness (QED) is 0.388. The van der Waals surface area contributed by atoms with Gasteiger partial charge in [-0.3, -0.25) is 9.59 Å². The Morgan fingerprint density at radius 1 is 0.903 bits per heavy atom. The summed E-state index contributed by atoms with van der Waals surface area (Å²) in [5, 5.41) is 10.4. The average Bonchev–Trinajstić information content (AvgIpc) is 3.01. The van der Waals surface area contributed by atoms with E-state index in [9.17, 15) is 19.5 Å². The van der Waals surface area contributed by atoms with Crippen molar-refractivity contribution in [1.29, 1.82) is 0 Å². The second kappa shape index (κ2) is 9.31. The minimum absolute atomic E-state index is 0.104. The van der Waals surface area contributed by atoms with Crippen molar-refractivity contribution in [3.63, 3.8) is 0 Å². The smallest absolute Gasteiger partial charge is 0.338 e. The van der Waals surface area contributed by atoms with Crippen LogP contribution in [0.25, 0.3) is 5.57 Å². The molecular weight excluding hydrogens is 406 g/mol. The molecule has 162 valence electrons. The summed E-state index contributed by atoms with van der Waals surface area (Å²) in [5.74, 6) is -2.03. The van der Waals surface area contributed by atoms with Gasteiger partial charge in [-0.15, -0.1) is 0 Å². The van der Waals surface area contributed by atoms with Gasteiger partial charge in [0.05, 0.1) is 37.7 Å². The molecule has 0 saturated heterocycles. The van der Waals surface area contributed by atoms with Crippen molar-refractivity contribution < 1.29 is 38.4 Å². The molecule has 0 aliphatic carbocycles. The van der Waals surface area contributed by atoms with Crippen LogP contribution in [0.5, 0.6) is 11.5 Å². The van der Waals surface area contributed by atoms with Gasteiger partial charge in [0.25, 0.3) is 5.91 Å². The lowest BCUT2D eigenvalue weighted by Crippen LogP contribution is -2.31. The maximum Gasteiger partial charge on any atom is 0.338 e. The molecule has 0 aromatic heterocycles. The zero-order chi connectivity index (χ0) is 22.5. The Kier molecular flexibility index (Phi) is 6.56. The molecule has 0 radical (unpaired) electrons. The number of nitrogens with zero attached hydrogens (tertiary/aromatic N) is 1. The third-order valence-corrected chi connectivity index (χ3v) is 4.61. The van der Waals surface area contributed by atoms with Gasteiger partial charge in [-0.05, 0) is 42.0 Å². The monoisotopic (exact) mass is 427 g/mol. The molecule has 3 rings (SSSR count). The minimum atomic E-state index is -0.870. The number of amides is 2. The van der Waals surface area contributed by atoms with Crippen LogP contribution < -0.4 is 14.4 Å². The van der Waals surface area contributed by atoms with Crippen LogP contribution in [0.2, 0.25) is 0 Å². The van der Waals surface area contributed by atoms with E-state index in [2.05, 4.69) is 0 Å². The number of methoxy groups -OCH3 is 3. The summed E-state index contributed by atoms with van der Waals surface area (Å²) in [5.41, 5.74) is 0.588. The van der Waals surface area contributed by atoms with Crippen LogP contribution in [0, 0.1) is 0 Å². The zero-order valence-electron chi connectivity index (χ0n) is 17.2. The van der Waals surface area contributed by atoms with Crippen LogP contribution >= 0.6 is 0 Å². The van der Waals surface area contributed by atoms with Gasteiger partial charge in [0.2, 0.25) is 0 Å². The number of rotatable bonds is 8. The van der Waals surface area contributed by atoms with E-state index in [4.69, 9.17) is 18.9 Å². The topological polar surface area (TPSA) is 112 Å². The molecule has 2 aromatic rings. The second-order valence-corrected chi connectivity index (χ2v) is 6.41. The van der Waals surface area contributed by atoms with Crippen molar-refractivity contribution in [3.05, 3.63) is 59.4 Å². The average molecular weight is 427 g/mol. The first-order valence-electron chi connectivity index (χ1n) is 9.23. The summed E-state index contributed by atoms with van der Waals surface area (Å²) >= 11 is 0. The van der Waals surface area contributed by atoms with Crippen LogP contribution in [-0.4, -0.2) is 57.4 Å². The summed E-state index contributed by atoms with van der Waals surface area (Å²) in [6.45, 7) is 0.372. The molecule has 0 fully saturated rings. The fraction of sp³-hybridized carbons (Fsp3) is 0.227. The van der Waals surface area contributed by atoms with Crippen LogP contribution in [0.4, 0.5) is 5.69 Å². The first kappa shape index (κ1) is 21.8. The van der Waals surface area contributed by atoms with Crippen LogP contribution in [0.1, 0.15) is 15.9 Å². The molecule has 0 atom stereocenters. The van der Waals surface area contributed by atoms with E-state index in [0.29, 0.717) is 17.1 Å². The molecule has 2 amide bonds. The Morgan fingerprint density at radius 3 is 2.19 bits per heavy atom. The van der Waals surface area contributed by atoms with E-state index in [1.807, 2.05) is 0 Å². The van der Waals surface area contributed by atoms with Gasteiger partial charge >= 0.3 is 11.9 Å². The normalized spacial score (nSPS) is 13.6. The molecular formula is C22H21NO8. The third kappa shape index (κ3) is 4.22. The number of benzene rings is 2. The largest absolute Gasteiger partial charge is 0.502 e. The fourth-order valence-electron chi connectivity index (χ4n) is 3.05. The Morgan fingerprint density at radius 2 is 1.58 bits per heavy atom. The van der Waals surface area contributed by atoms with E-state index < -0.39 is 23.5 Å². The number of ether oxygens (including phenoxy) is 4. The van der Waals surface area contributed by atoms with Gasteiger partial charge in [-0.25, -0.2) is 9.69 Å². The molecule has 1 N–H and O–H groups in total. The Labute approximate surface area is 178 Å². The van der Waals surface area contributed by atoms with Crippen molar-refractivity contribution in [3.8, 4) is 11.5 Å². The van der Waals surface area contributed by atoms with Crippen LogP contribution in [0.3, 0.4) is 0 Å². The van der Waals surface area contributed by atoms with Crippen molar-refractivity contribution in [2.45, 2.75) is 0 Å². The molecule has 0 saturated carbocycles. The number of anilines is 1. The molecule has 9 nitrogen and oxygen atoms in total. The van der Waals surface area contributed by atoms with Gasteiger partial charge < -0.3 is 24.1 Å². The Hall–Kier alpha value is -3.85. The third-order valence-electron chi connectivity index (χ3n) is 4.61. The summed E-state index contributed by atoms with van der Waals surface area (Å²) < 4.78 is 20.2. The number of aliphatic hydroxyl groups is 1. The predicted octanol–water partition coefficient (Wildman–Crippen LogP) is 2.35. The second-order valence-electron chi connectivity index (χ2n) is 6.41. The molecule has 0 bridgehead atoms. The summed E-state index contributed by atoms with van der Waals surface area (Å²) in [6, 6.07) is 10.3. The lowest BCUT2D eigenvalue weighted by molar-refractivity contribution is -0.121. The zero-order valence-corrected chi connectivity index (χ0v) is 17.2. The first-order chi connectivity index (χ1) is 14.9. The van der Waals surface area contributed by atoms with Crippen molar-refractivity contribution in [2.24, 2.45) is 0 Å². The molecule has 0 unspecified atom stereocenters. The summed E-state index contributed by atoms with van der Waals surface area (Å²) in [4.78, 5) is 38.4. The number of imide groups is 1. The van der Waals surface area contributed by atoms with E-state index in [-0.39, 0.29) is 30.0 Å². The highest BCUT2D eigenvalue weighted by atomic mass is 16.6. The number of carbonyl (C=O) groups is 3. The molecule has 31 heavy (non-hydrogen) atoms. The molecule has 1 aliphatic heterocycles. The number of aliphatic hydroxyl groups excluding tert-OH is 1. The van der Waals surface area contributed by atoms with Gasteiger partial charge in [0.1, 0.15) is 6.61 Å². The first-order valence-corrected chi connectivity index (χ1v) is 9.23. The van der Waals surface area contributed by atoms with Crippen LogP contribution in [0.15, 0.2) is 48.2 Å². The SMILES string of the molecule is COCCOC(=O)c1ccc(N2C(=O)C(O)=C(c3ccc(OC)c(OC)c3)C2=O)cc1. The Balaban J connectivity index is 1.85. The van der Waals surface area contributed by atoms with Gasteiger partial charge in [0, 0.05) is 7.11 Å². The van der Waals surface area contributed by atoms with Crippen molar-refractivity contribution in [1.82, 2.24) is 0 Å². The maximum absolute atomic E-state index is 13.0. The van der Waals surface area contributed by atoms with Crippen LogP contribution in [-0.2, 0) is 19.1 Å². The summed E-state index contributed by atoms with van der Waals surface area (Å²) in [7, 11) is 4.40. The number of carbonyl (C=O) groups excluding carboxylic acids is 3. The van der Waals surface area contributed by atoms with E-state index in [0.717, 1.165) is 4.90 Å². The van der Waals surface area contributed by atoms with Gasteiger partial charge in [-0.2, -0.15) is 0 Å². The highest BCUT2D eigenvalue weighted by Gasteiger charge is 2.40. The molecule has 0 spiro atoms. The number of hydrogen-bond acceptors (Lipinski definition) is 8.